The maximum Gasteiger partial charge on any atom is 0.164 e. The van der Waals surface area contributed by atoms with Gasteiger partial charge in [0.05, 0.1) is 0 Å². The van der Waals surface area contributed by atoms with Crippen LogP contribution in [0.2, 0.25) is 0 Å². The van der Waals surface area contributed by atoms with Crippen LogP contribution in [0.5, 0.6) is 0 Å². The van der Waals surface area contributed by atoms with E-state index in [2.05, 4.69) is 79.3 Å². The van der Waals surface area contributed by atoms with Gasteiger partial charge in [-0.05, 0) is 52.2 Å². The molecule has 6 rings (SSSR count). The Balaban J connectivity index is 1.50. The molecule has 4 nitrogen and oxygen atoms in total. The molecule has 0 saturated heterocycles. The Morgan fingerprint density at radius 3 is 1.75 bits per heavy atom. The lowest BCUT2D eigenvalue weighted by atomic mass is 10.0. The molecule has 0 aliphatic heterocycles. The van der Waals surface area contributed by atoms with Crippen LogP contribution in [0, 0.1) is 0 Å². The van der Waals surface area contributed by atoms with Crippen LogP contribution < -0.4 is 0 Å². The number of aromatic nitrogens is 4. The topological polar surface area (TPSA) is 51.6 Å². The van der Waals surface area contributed by atoms with Gasteiger partial charge < -0.3 is 0 Å². The Morgan fingerprint density at radius 2 is 1.06 bits per heavy atom. The Morgan fingerprint density at radius 1 is 0.444 bits per heavy atom. The van der Waals surface area contributed by atoms with Crippen LogP contribution in [0.4, 0.5) is 0 Å². The Labute approximate surface area is 225 Å². The standard InChI is InChI=1S/C30H18Br2N4/c31-26-15-25(16-27(32)17-26)30-35-28(21-10-7-20(8-11-21)24-6-3-13-33-18-24)34-29(36-30)23-12-9-19-4-1-2-5-22(19)14-23/h1-18H. The van der Waals surface area contributed by atoms with E-state index in [1.54, 1.807) is 6.20 Å². The highest BCUT2D eigenvalue weighted by Crippen LogP contribution is 2.30. The number of halogens is 2. The fourth-order valence-corrected chi connectivity index (χ4v) is 5.41. The molecule has 0 aliphatic carbocycles. The summed E-state index contributed by atoms with van der Waals surface area (Å²) < 4.78 is 1.89. The van der Waals surface area contributed by atoms with Crippen molar-refractivity contribution in [2.24, 2.45) is 0 Å². The molecule has 0 amide bonds. The normalized spacial score (nSPS) is 11.1. The monoisotopic (exact) mass is 592 g/mol. The molecule has 0 saturated carbocycles. The molecule has 0 aliphatic rings. The van der Waals surface area contributed by atoms with Crippen molar-refractivity contribution in [2.45, 2.75) is 0 Å². The Kier molecular flexibility index (Phi) is 6.13. The molecule has 0 fully saturated rings. The number of nitrogens with zero attached hydrogens (tertiary/aromatic N) is 4. The number of hydrogen-bond donors (Lipinski definition) is 0. The third kappa shape index (κ3) is 4.70. The Bertz CT molecular complexity index is 1680. The average molecular weight is 594 g/mol. The summed E-state index contributed by atoms with van der Waals surface area (Å²) in [4.78, 5) is 18.9. The number of pyridine rings is 1. The summed E-state index contributed by atoms with van der Waals surface area (Å²) in [7, 11) is 0. The predicted octanol–water partition coefficient (Wildman–Crippen LogP) is 8.61. The van der Waals surface area contributed by atoms with Gasteiger partial charge in [-0.2, -0.15) is 0 Å². The van der Waals surface area contributed by atoms with Gasteiger partial charge in [-0.1, -0.05) is 98.6 Å². The molecule has 0 N–H and O–H groups in total. The zero-order valence-corrected chi connectivity index (χ0v) is 22.1. The second-order valence-corrected chi connectivity index (χ2v) is 10.2. The molecular weight excluding hydrogens is 576 g/mol. The fraction of sp³-hybridized carbons (Fsp3) is 0. The van der Waals surface area contributed by atoms with Crippen LogP contribution in [0.1, 0.15) is 0 Å². The van der Waals surface area contributed by atoms with E-state index in [1.807, 2.05) is 60.8 Å². The van der Waals surface area contributed by atoms with Crippen molar-refractivity contribution in [3.63, 3.8) is 0 Å². The molecular formula is C30H18Br2N4. The second kappa shape index (κ2) is 9.72. The maximum atomic E-state index is 4.90. The first-order valence-corrected chi connectivity index (χ1v) is 12.9. The van der Waals surface area contributed by atoms with Gasteiger partial charge in [0.15, 0.2) is 17.5 Å². The summed E-state index contributed by atoms with van der Waals surface area (Å²) in [6, 6.07) is 32.8. The summed E-state index contributed by atoms with van der Waals surface area (Å²) in [5, 5.41) is 2.32. The zero-order valence-electron chi connectivity index (χ0n) is 18.9. The van der Waals surface area contributed by atoms with Crippen LogP contribution >= 0.6 is 31.9 Å². The molecule has 0 atom stereocenters. The molecule has 6 heteroatoms. The molecule has 0 spiro atoms. The first kappa shape index (κ1) is 22.7. The van der Waals surface area contributed by atoms with Crippen LogP contribution in [-0.4, -0.2) is 19.9 Å². The van der Waals surface area contributed by atoms with Crippen molar-refractivity contribution in [3.8, 4) is 45.3 Å². The van der Waals surface area contributed by atoms with Gasteiger partial charge in [0, 0.05) is 38.0 Å². The first-order chi connectivity index (χ1) is 17.6. The molecule has 0 unspecified atom stereocenters. The van der Waals surface area contributed by atoms with Gasteiger partial charge in [-0.15, -0.1) is 0 Å². The minimum Gasteiger partial charge on any atom is -0.264 e. The van der Waals surface area contributed by atoms with E-state index in [4.69, 9.17) is 15.0 Å². The summed E-state index contributed by atoms with van der Waals surface area (Å²) >= 11 is 7.18. The minimum absolute atomic E-state index is 0.612. The van der Waals surface area contributed by atoms with Gasteiger partial charge in [-0.25, -0.2) is 15.0 Å². The number of rotatable bonds is 4. The van der Waals surface area contributed by atoms with E-state index in [0.29, 0.717) is 17.5 Å². The van der Waals surface area contributed by atoms with Crippen molar-refractivity contribution >= 4 is 42.6 Å². The van der Waals surface area contributed by atoms with Gasteiger partial charge in [-0.3, -0.25) is 4.98 Å². The van der Waals surface area contributed by atoms with Gasteiger partial charge >= 0.3 is 0 Å². The molecule has 2 heterocycles. The third-order valence-electron chi connectivity index (χ3n) is 5.90. The van der Waals surface area contributed by atoms with Crippen LogP contribution in [0.3, 0.4) is 0 Å². The van der Waals surface area contributed by atoms with E-state index in [1.165, 1.54) is 5.39 Å². The highest BCUT2D eigenvalue weighted by atomic mass is 79.9. The van der Waals surface area contributed by atoms with Crippen molar-refractivity contribution in [3.05, 3.63) is 118 Å². The van der Waals surface area contributed by atoms with E-state index in [-0.39, 0.29) is 0 Å². The van der Waals surface area contributed by atoms with Crippen molar-refractivity contribution in [2.75, 3.05) is 0 Å². The SMILES string of the molecule is Brc1cc(Br)cc(-c2nc(-c3ccc(-c4cccnc4)cc3)nc(-c3ccc4ccccc4c3)n2)c1. The van der Waals surface area contributed by atoms with E-state index >= 15 is 0 Å². The lowest BCUT2D eigenvalue weighted by molar-refractivity contribution is 1.07. The largest absolute Gasteiger partial charge is 0.264 e. The van der Waals surface area contributed by atoms with Crippen LogP contribution in [0.25, 0.3) is 56.1 Å². The van der Waals surface area contributed by atoms with E-state index < -0.39 is 0 Å². The van der Waals surface area contributed by atoms with Gasteiger partial charge in [0.2, 0.25) is 0 Å². The molecule has 36 heavy (non-hydrogen) atoms. The molecule has 172 valence electrons. The first-order valence-electron chi connectivity index (χ1n) is 11.3. The quantitative estimate of drug-likeness (QED) is 0.205. The summed E-state index contributed by atoms with van der Waals surface area (Å²) in [6.45, 7) is 0. The number of benzene rings is 4. The molecule has 0 radical (unpaired) electrons. The molecule has 6 aromatic rings. The van der Waals surface area contributed by atoms with Gasteiger partial charge in [0.25, 0.3) is 0 Å². The van der Waals surface area contributed by atoms with E-state index in [9.17, 15) is 0 Å². The minimum atomic E-state index is 0.612. The fourth-order valence-electron chi connectivity index (χ4n) is 4.12. The Hall–Kier alpha value is -3.74. The summed E-state index contributed by atoms with van der Waals surface area (Å²) in [5.74, 6) is 1.87. The molecule has 4 aromatic carbocycles. The van der Waals surface area contributed by atoms with Crippen LogP contribution in [0.15, 0.2) is 118 Å². The van der Waals surface area contributed by atoms with Crippen molar-refractivity contribution in [1.82, 2.24) is 19.9 Å². The smallest absolute Gasteiger partial charge is 0.164 e. The molecule has 2 aromatic heterocycles. The number of hydrogen-bond acceptors (Lipinski definition) is 4. The van der Waals surface area contributed by atoms with E-state index in [0.717, 1.165) is 42.1 Å². The summed E-state index contributed by atoms with van der Waals surface area (Å²) in [5.41, 5.74) is 4.92. The van der Waals surface area contributed by atoms with Crippen molar-refractivity contribution < 1.29 is 0 Å². The van der Waals surface area contributed by atoms with Crippen molar-refractivity contribution in [1.29, 1.82) is 0 Å². The highest BCUT2D eigenvalue weighted by Gasteiger charge is 2.14. The number of fused-ring (bicyclic) bond motifs is 1. The summed E-state index contributed by atoms with van der Waals surface area (Å²) in [6.07, 6.45) is 3.64. The third-order valence-corrected chi connectivity index (χ3v) is 6.82. The lowest BCUT2D eigenvalue weighted by Gasteiger charge is -2.10. The zero-order chi connectivity index (χ0) is 24.5. The second-order valence-electron chi connectivity index (χ2n) is 8.35. The highest BCUT2D eigenvalue weighted by molar-refractivity contribution is 9.11. The lowest BCUT2D eigenvalue weighted by Crippen LogP contribution is -2.00. The van der Waals surface area contributed by atoms with Crippen LogP contribution in [-0.2, 0) is 0 Å². The van der Waals surface area contributed by atoms with Gasteiger partial charge in [0.1, 0.15) is 0 Å². The maximum absolute atomic E-state index is 4.90. The predicted molar refractivity (Wildman–Crippen MR) is 152 cm³/mol. The molecule has 0 bridgehead atoms. The average Bonchev–Trinajstić information content (AvgIpc) is 2.92.